The molecule has 0 aromatic heterocycles. The summed E-state index contributed by atoms with van der Waals surface area (Å²) < 4.78 is 5.30. The summed E-state index contributed by atoms with van der Waals surface area (Å²) in [6, 6.07) is 5.16. The van der Waals surface area contributed by atoms with E-state index < -0.39 is 0 Å². The number of hydrogen-bond donors (Lipinski definition) is 2. The molecule has 0 spiro atoms. The number of carbonyl (C=O) groups is 3. The predicted molar refractivity (Wildman–Crippen MR) is 116 cm³/mol. The topological polar surface area (TPSA) is 93.7 Å². The van der Waals surface area contributed by atoms with Gasteiger partial charge in [0.2, 0.25) is 5.91 Å². The zero-order valence-electron chi connectivity index (χ0n) is 18.1. The van der Waals surface area contributed by atoms with Crippen LogP contribution in [0.4, 0.5) is 5.69 Å². The van der Waals surface area contributed by atoms with Crippen molar-refractivity contribution < 1.29 is 24.0 Å². The molecule has 162 valence electrons. The number of fused-ring (bicyclic) bond motifs is 1. The van der Waals surface area contributed by atoms with E-state index in [1.54, 1.807) is 25.1 Å². The molecule has 2 N–H and O–H groups in total. The standard InChI is InChI=1S/C23H30N2O5/c1-5-7-8-9-10-18-20-15(3)13-17(23(28)25-30-6-2)11-12-19(20)22(29-14-26)21(18)24-16(4)27/h11-14H,5-10H2,1-4H3,(H,24,27)(H,25,28). The lowest BCUT2D eigenvalue weighted by Crippen LogP contribution is -2.23. The highest BCUT2D eigenvalue weighted by Crippen LogP contribution is 2.48. The molecule has 30 heavy (non-hydrogen) atoms. The largest absolute Gasteiger partial charge is 0.426 e. The van der Waals surface area contributed by atoms with Crippen molar-refractivity contribution in [3.05, 3.63) is 34.9 Å². The molecule has 0 heterocycles. The van der Waals surface area contributed by atoms with Crippen molar-refractivity contribution in [2.45, 2.75) is 59.8 Å². The van der Waals surface area contributed by atoms with Crippen LogP contribution in [0.5, 0.6) is 5.75 Å². The summed E-state index contributed by atoms with van der Waals surface area (Å²) in [6.07, 6.45) is 4.97. The van der Waals surface area contributed by atoms with Gasteiger partial charge in [0.05, 0.1) is 12.3 Å². The van der Waals surface area contributed by atoms with Gasteiger partial charge in [-0.25, -0.2) is 5.48 Å². The Kier molecular flexibility index (Phi) is 8.80. The third-order valence-corrected chi connectivity index (χ3v) is 4.86. The van der Waals surface area contributed by atoms with Crippen LogP contribution in [0.25, 0.3) is 11.1 Å². The van der Waals surface area contributed by atoms with Crippen LogP contribution in [0.2, 0.25) is 0 Å². The SMILES string of the molecule is CCCCCCc1c(NC(C)=O)c(OC=O)c2ccc(C(=O)NOCC)cc(C)c1-2. The second kappa shape index (κ2) is 11.3. The number of carbonyl (C=O) groups excluding carboxylic acids is 3. The Morgan fingerprint density at radius 1 is 1.13 bits per heavy atom. The maximum Gasteiger partial charge on any atom is 0.298 e. The van der Waals surface area contributed by atoms with Crippen LogP contribution in [0.15, 0.2) is 18.2 Å². The monoisotopic (exact) mass is 414 g/mol. The van der Waals surface area contributed by atoms with Gasteiger partial charge < -0.3 is 10.1 Å². The fraction of sp³-hybridized carbons (Fsp3) is 0.435. The van der Waals surface area contributed by atoms with E-state index in [-0.39, 0.29) is 11.8 Å². The van der Waals surface area contributed by atoms with Gasteiger partial charge in [0.25, 0.3) is 12.4 Å². The molecule has 2 rings (SSSR count). The summed E-state index contributed by atoms with van der Waals surface area (Å²) in [5.74, 6) is -0.298. The van der Waals surface area contributed by atoms with Gasteiger partial charge in [-0.1, -0.05) is 26.2 Å². The van der Waals surface area contributed by atoms with Crippen LogP contribution in [-0.2, 0) is 20.8 Å². The first-order chi connectivity index (χ1) is 14.4. The maximum atomic E-state index is 12.4. The van der Waals surface area contributed by atoms with E-state index in [1.165, 1.54) is 6.92 Å². The Bertz CT molecular complexity index is 879. The van der Waals surface area contributed by atoms with Gasteiger partial charge in [0.15, 0.2) is 5.75 Å². The number of amides is 2. The molecule has 0 bridgehead atoms. The highest BCUT2D eigenvalue weighted by Gasteiger charge is 2.26. The molecular weight excluding hydrogens is 384 g/mol. The molecule has 0 radical (unpaired) electrons. The van der Waals surface area contributed by atoms with E-state index >= 15 is 0 Å². The predicted octanol–water partition coefficient (Wildman–Crippen LogP) is 4.40. The molecule has 7 heteroatoms. The number of rotatable bonds is 11. The van der Waals surface area contributed by atoms with E-state index in [0.717, 1.165) is 48.8 Å². The van der Waals surface area contributed by atoms with Crippen LogP contribution in [0, 0.1) is 6.92 Å². The van der Waals surface area contributed by atoms with Gasteiger partial charge in [-0.2, -0.15) is 0 Å². The fourth-order valence-corrected chi connectivity index (χ4v) is 3.60. The van der Waals surface area contributed by atoms with Crippen LogP contribution >= 0.6 is 0 Å². The summed E-state index contributed by atoms with van der Waals surface area (Å²) in [7, 11) is 0. The maximum absolute atomic E-state index is 12.4. The van der Waals surface area contributed by atoms with Crippen LogP contribution in [-0.4, -0.2) is 24.9 Å². The first-order valence-corrected chi connectivity index (χ1v) is 10.3. The first kappa shape index (κ1) is 23.3. The lowest BCUT2D eigenvalue weighted by Gasteiger charge is -2.09. The molecular formula is C23H30N2O5. The number of anilines is 1. The molecule has 0 fully saturated rings. The number of nitrogens with one attached hydrogen (secondary N) is 2. The average Bonchev–Trinajstić information content (AvgIpc) is 2.86. The quantitative estimate of drug-likeness (QED) is 0.323. The normalized spacial score (nSPS) is 10.7. The second-order valence-corrected chi connectivity index (χ2v) is 7.16. The Morgan fingerprint density at radius 2 is 1.90 bits per heavy atom. The van der Waals surface area contributed by atoms with E-state index in [2.05, 4.69) is 17.7 Å². The van der Waals surface area contributed by atoms with Crippen molar-refractivity contribution in [2.24, 2.45) is 0 Å². The summed E-state index contributed by atoms with van der Waals surface area (Å²) in [5, 5.41) is 2.84. The van der Waals surface area contributed by atoms with Gasteiger partial charge in [-0.15, -0.1) is 0 Å². The van der Waals surface area contributed by atoms with Crippen LogP contribution < -0.4 is 15.5 Å². The van der Waals surface area contributed by atoms with Crippen molar-refractivity contribution in [3.63, 3.8) is 0 Å². The zero-order valence-corrected chi connectivity index (χ0v) is 18.1. The summed E-state index contributed by atoms with van der Waals surface area (Å²) in [5.41, 5.74) is 6.65. The Morgan fingerprint density at radius 3 is 2.53 bits per heavy atom. The Balaban J connectivity index is 2.63. The number of unbranched alkanes of at least 4 members (excludes halogenated alkanes) is 3. The Labute approximate surface area is 177 Å². The minimum atomic E-state index is -0.359. The van der Waals surface area contributed by atoms with Crippen molar-refractivity contribution in [1.29, 1.82) is 0 Å². The van der Waals surface area contributed by atoms with Crippen molar-refractivity contribution in [3.8, 4) is 16.9 Å². The third kappa shape index (κ3) is 5.57. The van der Waals surface area contributed by atoms with E-state index in [1.807, 2.05) is 6.92 Å². The molecule has 7 nitrogen and oxygen atoms in total. The highest BCUT2D eigenvalue weighted by molar-refractivity contribution is 6.01. The number of hydrogen-bond acceptors (Lipinski definition) is 5. The molecule has 2 aliphatic rings. The summed E-state index contributed by atoms with van der Waals surface area (Å²) in [4.78, 5) is 40.4. The van der Waals surface area contributed by atoms with Gasteiger partial charge in [-0.3, -0.25) is 19.2 Å². The molecule has 0 atom stereocenters. The minimum absolute atomic E-state index is 0.241. The van der Waals surface area contributed by atoms with Gasteiger partial charge in [0, 0.05) is 18.1 Å². The zero-order chi connectivity index (χ0) is 22.1. The fourth-order valence-electron chi connectivity index (χ4n) is 3.60. The molecule has 0 unspecified atom stereocenters. The molecule has 0 aliphatic heterocycles. The minimum Gasteiger partial charge on any atom is -0.426 e. The smallest absolute Gasteiger partial charge is 0.298 e. The van der Waals surface area contributed by atoms with E-state index in [0.29, 0.717) is 35.6 Å². The van der Waals surface area contributed by atoms with Crippen molar-refractivity contribution in [1.82, 2.24) is 5.48 Å². The summed E-state index contributed by atoms with van der Waals surface area (Å²) in [6.45, 7) is 7.96. The van der Waals surface area contributed by atoms with Gasteiger partial charge >= 0.3 is 0 Å². The molecule has 2 aliphatic carbocycles. The molecule has 0 aromatic carbocycles. The van der Waals surface area contributed by atoms with Crippen molar-refractivity contribution in [2.75, 3.05) is 11.9 Å². The molecule has 0 saturated carbocycles. The van der Waals surface area contributed by atoms with E-state index in [9.17, 15) is 14.4 Å². The van der Waals surface area contributed by atoms with Gasteiger partial charge in [-0.05, 0) is 61.6 Å². The average molecular weight is 415 g/mol. The van der Waals surface area contributed by atoms with Crippen molar-refractivity contribution >= 4 is 24.0 Å². The first-order valence-electron chi connectivity index (χ1n) is 10.3. The van der Waals surface area contributed by atoms with Crippen LogP contribution in [0.1, 0.15) is 67.9 Å². The number of ether oxygens (including phenoxy) is 1. The van der Waals surface area contributed by atoms with Crippen LogP contribution in [0.3, 0.4) is 0 Å². The van der Waals surface area contributed by atoms with E-state index in [4.69, 9.17) is 9.57 Å². The lowest BCUT2D eigenvalue weighted by atomic mass is 9.99. The molecule has 2 amide bonds. The lowest BCUT2D eigenvalue weighted by molar-refractivity contribution is -0.120. The second-order valence-electron chi connectivity index (χ2n) is 7.16. The number of hydroxylamine groups is 1. The third-order valence-electron chi connectivity index (χ3n) is 4.86. The molecule has 0 saturated heterocycles. The Hall–Kier alpha value is -2.93. The number of aryl methyl sites for hydroxylation is 1. The van der Waals surface area contributed by atoms with Gasteiger partial charge in [0.1, 0.15) is 0 Å². The molecule has 0 aromatic rings. The highest BCUT2D eigenvalue weighted by atomic mass is 16.6. The summed E-state index contributed by atoms with van der Waals surface area (Å²) >= 11 is 0.